The van der Waals surface area contributed by atoms with Crippen molar-refractivity contribution >= 4 is 22.3 Å². The maximum atomic E-state index is 12.0. The fourth-order valence-electron chi connectivity index (χ4n) is 1.99. The molecule has 0 amide bonds. The summed E-state index contributed by atoms with van der Waals surface area (Å²) < 4.78 is 11.5. The Kier molecular flexibility index (Phi) is 3.98. The molecule has 2 heterocycles. The van der Waals surface area contributed by atoms with E-state index in [-0.39, 0.29) is 23.5 Å². The molecule has 0 saturated heterocycles. The number of nitrogens with zero attached hydrogens (tertiary/aromatic N) is 2. The Hall–Kier alpha value is -2.87. The normalized spacial score (nSPS) is 10.7. The Labute approximate surface area is 134 Å². The first kappa shape index (κ1) is 15.0. The standard InChI is InChI=1S/C15H12N2O5S/c1-21-10-2-3-11(12(18)7-10)14(20)22-8-9-6-13(19)17-4-5-23-15(17)16-9/h2-7,18H,8H2,1H3. The zero-order chi connectivity index (χ0) is 16.4. The highest BCUT2D eigenvalue weighted by molar-refractivity contribution is 7.15. The summed E-state index contributed by atoms with van der Waals surface area (Å²) in [5.74, 6) is -0.522. The molecule has 0 fully saturated rings. The van der Waals surface area contributed by atoms with Crippen LogP contribution in [0.5, 0.6) is 11.5 Å². The van der Waals surface area contributed by atoms with Crippen LogP contribution in [0, 0.1) is 0 Å². The SMILES string of the molecule is COc1ccc(C(=O)OCc2cc(=O)n3ccsc3n2)c(O)c1. The van der Waals surface area contributed by atoms with Gasteiger partial charge in [0.25, 0.3) is 5.56 Å². The zero-order valence-corrected chi connectivity index (χ0v) is 12.9. The van der Waals surface area contributed by atoms with Gasteiger partial charge in [-0.1, -0.05) is 0 Å². The van der Waals surface area contributed by atoms with Crippen LogP contribution in [0.4, 0.5) is 0 Å². The minimum atomic E-state index is -0.710. The highest BCUT2D eigenvalue weighted by Crippen LogP contribution is 2.24. The van der Waals surface area contributed by atoms with Gasteiger partial charge < -0.3 is 14.6 Å². The molecule has 0 radical (unpaired) electrons. The van der Waals surface area contributed by atoms with Gasteiger partial charge in [-0.05, 0) is 12.1 Å². The molecule has 0 spiro atoms. The van der Waals surface area contributed by atoms with Gasteiger partial charge in [0.2, 0.25) is 0 Å². The number of hydrogen-bond donors (Lipinski definition) is 1. The first-order chi connectivity index (χ1) is 11.1. The first-order valence-corrected chi connectivity index (χ1v) is 7.46. The lowest BCUT2D eigenvalue weighted by atomic mass is 10.2. The number of carbonyl (C=O) groups is 1. The molecule has 3 aromatic rings. The monoisotopic (exact) mass is 332 g/mol. The molecule has 23 heavy (non-hydrogen) atoms. The number of phenols is 1. The lowest BCUT2D eigenvalue weighted by Crippen LogP contribution is -2.14. The largest absolute Gasteiger partial charge is 0.507 e. The average Bonchev–Trinajstić information content (AvgIpc) is 3.01. The third-order valence-corrected chi connectivity index (χ3v) is 3.89. The van der Waals surface area contributed by atoms with Crippen LogP contribution >= 0.6 is 11.3 Å². The Balaban J connectivity index is 1.76. The second kappa shape index (κ2) is 6.09. The lowest BCUT2D eigenvalue weighted by Gasteiger charge is -2.07. The number of carbonyl (C=O) groups excluding carboxylic acids is 1. The lowest BCUT2D eigenvalue weighted by molar-refractivity contribution is 0.0464. The molecule has 0 aliphatic rings. The van der Waals surface area contributed by atoms with Crippen molar-refractivity contribution in [2.45, 2.75) is 6.61 Å². The number of ether oxygens (including phenoxy) is 2. The minimum Gasteiger partial charge on any atom is -0.507 e. The Morgan fingerprint density at radius 3 is 2.96 bits per heavy atom. The fraction of sp³-hybridized carbons (Fsp3) is 0.133. The van der Waals surface area contributed by atoms with Crippen LogP contribution < -0.4 is 10.3 Å². The fourth-order valence-corrected chi connectivity index (χ4v) is 2.73. The van der Waals surface area contributed by atoms with E-state index in [9.17, 15) is 14.7 Å². The number of methoxy groups -OCH3 is 1. The van der Waals surface area contributed by atoms with E-state index in [4.69, 9.17) is 9.47 Å². The second-order valence-corrected chi connectivity index (χ2v) is 5.47. The van der Waals surface area contributed by atoms with Crippen molar-refractivity contribution in [1.82, 2.24) is 9.38 Å². The molecular weight excluding hydrogens is 320 g/mol. The number of aromatic hydroxyl groups is 1. The van der Waals surface area contributed by atoms with Crippen molar-refractivity contribution < 1.29 is 19.4 Å². The average molecular weight is 332 g/mol. The molecule has 118 valence electrons. The topological polar surface area (TPSA) is 90.1 Å². The molecule has 0 aliphatic heterocycles. The van der Waals surface area contributed by atoms with Crippen LogP contribution in [0.2, 0.25) is 0 Å². The van der Waals surface area contributed by atoms with E-state index in [1.54, 1.807) is 17.6 Å². The van der Waals surface area contributed by atoms with Gasteiger partial charge in [0.05, 0.1) is 12.8 Å². The third kappa shape index (κ3) is 3.02. The van der Waals surface area contributed by atoms with Gasteiger partial charge >= 0.3 is 5.97 Å². The summed E-state index contributed by atoms with van der Waals surface area (Å²) in [6.07, 6.45) is 1.63. The van der Waals surface area contributed by atoms with Crippen molar-refractivity contribution in [3.8, 4) is 11.5 Å². The first-order valence-electron chi connectivity index (χ1n) is 6.58. The van der Waals surface area contributed by atoms with Crippen molar-refractivity contribution in [2.24, 2.45) is 0 Å². The highest BCUT2D eigenvalue weighted by atomic mass is 32.1. The van der Waals surface area contributed by atoms with E-state index in [1.165, 1.54) is 41.0 Å². The number of esters is 1. The molecule has 7 nitrogen and oxygen atoms in total. The summed E-state index contributed by atoms with van der Waals surface area (Å²) in [6.45, 7) is -0.159. The van der Waals surface area contributed by atoms with Gasteiger partial charge in [-0.15, -0.1) is 11.3 Å². The predicted octanol–water partition coefficient (Wildman–Crippen LogP) is 1.83. The molecule has 8 heteroatoms. The number of thiazole rings is 1. The van der Waals surface area contributed by atoms with Crippen molar-refractivity contribution in [2.75, 3.05) is 7.11 Å². The van der Waals surface area contributed by atoms with Crippen LogP contribution in [-0.4, -0.2) is 27.6 Å². The quantitative estimate of drug-likeness (QED) is 0.733. The van der Waals surface area contributed by atoms with Crippen LogP contribution in [0.15, 0.2) is 40.6 Å². The molecule has 0 saturated carbocycles. The van der Waals surface area contributed by atoms with Crippen molar-refractivity contribution in [3.05, 3.63) is 57.5 Å². The summed E-state index contributed by atoms with van der Waals surface area (Å²) in [6, 6.07) is 5.57. The smallest absolute Gasteiger partial charge is 0.342 e. The number of aromatic nitrogens is 2. The van der Waals surface area contributed by atoms with Gasteiger partial charge in [-0.3, -0.25) is 9.20 Å². The van der Waals surface area contributed by atoms with E-state index < -0.39 is 5.97 Å². The van der Waals surface area contributed by atoms with E-state index >= 15 is 0 Å². The van der Waals surface area contributed by atoms with Crippen molar-refractivity contribution in [1.29, 1.82) is 0 Å². The molecule has 3 rings (SSSR count). The van der Waals surface area contributed by atoms with E-state index in [0.717, 1.165) is 0 Å². The molecule has 0 unspecified atom stereocenters. The molecule has 2 aromatic heterocycles. The maximum absolute atomic E-state index is 12.0. The summed E-state index contributed by atoms with van der Waals surface area (Å²) in [7, 11) is 1.46. The zero-order valence-electron chi connectivity index (χ0n) is 12.1. The molecule has 0 bridgehead atoms. The molecular formula is C15H12N2O5S. The van der Waals surface area contributed by atoms with E-state index in [0.29, 0.717) is 16.4 Å². The van der Waals surface area contributed by atoms with Crippen LogP contribution in [0.3, 0.4) is 0 Å². The van der Waals surface area contributed by atoms with Gasteiger partial charge in [0, 0.05) is 23.7 Å². The third-order valence-electron chi connectivity index (χ3n) is 3.13. The van der Waals surface area contributed by atoms with Gasteiger partial charge in [0.15, 0.2) is 4.96 Å². The summed E-state index contributed by atoms with van der Waals surface area (Å²) in [4.78, 5) is 28.6. The van der Waals surface area contributed by atoms with Crippen LogP contribution in [0.1, 0.15) is 16.1 Å². The number of hydrogen-bond acceptors (Lipinski definition) is 7. The van der Waals surface area contributed by atoms with Gasteiger partial charge in [-0.25, -0.2) is 9.78 Å². The summed E-state index contributed by atoms with van der Waals surface area (Å²) in [5, 5.41) is 11.5. The van der Waals surface area contributed by atoms with E-state index in [2.05, 4.69) is 4.98 Å². The van der Waals surface area contributed by atoms with Crippen LogP contribution in [0.25, 0.3) is 4.96 Å². The number of rotatable bonds is 4. The Morgan fingerprint density at radius 2 is 2.22 bits per heavy atom. The molecule has 1 N–H and O–H groups in total. The Morgan fingerprint density at radius 1 is 1.39 bits per heavy atom. The highest BCUT2D eigenvalue weighted by Gasteiger charge is 2.14. The molecule has 1 aromatic carbocycles. The minimum absolute atomic E-state index is 0.0136. The molecule has 0 aliphatic carbocycles. The van der Waals surface area contributed by atoms with Gasteiger partial charge in [0.1, 0.15) is 23.7 Å². The number of fused-ring (bicyclic) bond motifs is 1. The summed E-state index contributed by atoms with van der Waals surface area (Å²) in [5.41, 5.74) is 0.119. The number of phenolic OH excluding ortho intramolecular Hbond substituents is 1. The van der Waals surface area contributed by atoms with E-state index in [1.807, 2.05) is 0 Å². The van der Waals surface area contributed by atoms with Crippen molar-refractivity contribution in [3.63, 3.8) is 0 Å². The van der Waals surface area contributed by atoms with Gasteiger partial charge in [-0.2, -0.15) is 0 Å². The second-order valence-electron chi connectivity index (χ2n) is 4.60. The Bertz CT molecular complexity index is 931. The van der Waals surface area contributed by atoms with Crippen LogP contribution in [-0.2, 0) is 11.3 Å². The maximum Gasteiger partial charge on any atom is 0.342 e. The summed E-state index contributed by atoms with van der Waals surface area (Å²) >= 11 is 1.31. The molecule has 0 atom stereocenters. The predicted molar refractivity (Wildman–Crippen MR) is 83.1 cm³/mol. The number of benzene rings is 1.